The number of rotatable bonds is 14. The van der Waals surface area contributed by atoms with Crippen LogP contribution < -0.4 is 48.3 Å². The Morgan fingerprint density at radius 2 is 1.54 bits per heavy atom. The molecule has 28 nitrogen and oxygen atoms in total. The van der Waals surface area contributed by atoms with Gasteiger partial charge in [-0.05, 0) is 57.2 Å². The predicted octanol–water partition coefficient (Wildman–Crippen LogP) is -3.28. The number of phenolic OH excluding ortho intramolecular Hbond substituents is 1. The molecule has 5 rings (SSSR count). The number of hydrogen-bond acceptors (Lipinski definition) is 17. The number of aromatic amines is 1. The van der Waals surface area contributed by atoms with E-state index in [0.29, 0.717) is 25.7 Å². The number of ether oxygens (including phenoxy) is 2. The van der Waals surface area contributed by atoms with Crippen molar-refractivity contribution in [1.29, 1.82) is 0 Å². The maximum atomic E-state index is 14.9. The summed E-state index contributed by atoms with van der Waals surface area (Å²) in [4.78, 5) is 155. The van der Waals surface area contributed by atoms with Crippen molar-refractivity contribution in [3.05, 3.63) is 23.8 Å². The Morgan fingerprint density at radius 1 is 0.861 bits per heavy atom. The van der Waals surface area contributed by atoms with Gasteiger partial charge in [0.25, 0.3) is 0 Å². The largest absolute Gasteiger partial charge is 0.508 e. The lowest BCUT2D eigenvalue weighted by Crippen LogP contribution is -2.62. The van der Waals surface area contributed by atoms with Crippen LogP contribution in [0.25, 0.3) is 10.9 Å². The first-order valence-electron chi connectivity index (χ1n) is 26.0. The van der Waals surface area contributed by atoms with E-state index in [2.05, 4.69) is 47.5 Å². The normalized spacial score (nSPS) is 25.3. The van der Waals surface area contributed by atoms with E-state index in [-0.39, 0.29) is 46.2 Å². The first kappa shape index (κ1) is 62.4. The molecule has 29 heteroatoms. The molecule has 3 aliphatic heterocycles. The smallest absolute Gasteiger partial charge is 0.407 e. The molecule has 3 unspecified atom stereocenters. The van der Waals surface area contributed by atoms with E-state index in [9.17, 15) is 72.3 Å². The molecule has 2 aromatic rings. The number of nitrogens with two attached hydrogens (primary N) is 1. The standard InChI is InChI=1S/C50H73N11O17S/c1-7-24(2)40-45(72)54-19-37(66)55-33-23-79(76)47-29(28-13-12-26(62)15-30(28)58-47)17-31(42(69)53-20-38(67)59-40)56-46(73)41(25(3)35(64)22-77-49(75)52-14-10-8-9-11-39(68)78-50(4,5)6)60-44(71)34-16-27(63)21-61(34)48(74)32(18-36(51)65)57-43(33)70/h12-13,15,24-25,27,31-35,40-41,58,62-64H,7-11,14,16-23H2,1-6H3,(H2,51,65)(H,52,75)(H,53,69)(H,54,72)(H,55,66)(H,56,73)(H,57,70)(H,59,67)(H,60,71)/t24-,25-,27?,31?,32-,33?,34-,35-,40-,41-,79+/m0/s1. The second kappa shape index (κ2) is 28.0. The Balaban J connectivity index is 1.57. The summed E-state index contributed by atoms with van der Waals surface area (Å²) in [6.07, 6.45) is -4.06. The highest BCUT2D eigenvalue weighted by molar-refractivity contribution is 7.85. The number of aliphatic hydroxyl groups is 2. The number of amides is 10. The first-order chi connectivity index (χ1) is 37.1. The number of primary amides is 1. The van der Waals surface area contributed by atoms with Crippen molar-refractivity contribution in [3.63, 3.8) is 0 Å². The number of carbonyl (C=O) groups excluding carboxylic acids is 11. The third-order valence-corrected chi connectivity index (χ3v) is 14.9. The van der Waals surface area contributed by atoms with Crippen molar-refractivity contribution in [2.24, 2.45) is 17.6 Å². The topological polar surface area (TPSA) is 425 Å². The van der Waals surface area contributed by atoms with Gasteiger partial charge in [0.05, 0.1) is 53.8 Å². The third kappa shape index (κ3) is 17.8. The molecule has 0 aliphatic carbocycles. The average Bonchev–Trinajstić information content (AvgIpc) is 4.01. The van der Waals surface area contributed by atoms with Crippen LogP contribution in [-0.2, 0) is 74.6 Å². The minimum Gasteiger partial charge on any atom is -0.508 e. The number of esters is 1. The van der Waals surface area contributed by atoms with Crippen molar-refractivity contribution in [3.8, 4) is 5.75 Å². The number of benzene rings is 1. The molecular formula is C50H73N11O17S. The lowest BCUT2D eigenvalue weighted by Gasteiger charge is -2.33. The Kier molecular flexibility index (Phi) is 22.1. The van der Waals surface area contributed by atoms with Crippen LogP contribution in [-0.4, -0.2) is 187 Å². The number of fused-ring (bicyclic) bond motifs is 5. The molecule has 1 aromatic heterocycles. The van der Waals surface area contributed by atoms with E-state index in [4.69, 9.17) is 15.2 Å². The van der Waals surface area contributed by atoms with Crippen LogP contribution >= 0.6 is 0 Å². The molecule has 10 amide bonds. The summed E-state index contributed by atoms with van der Waals surface area (Å²) in [5, 5.41) is 52.6. The zero-order valence-corrected chi connectivity index (χ0v) is 45.7. The summed E-state index contributed by atoms with van der Waals surface area (Å²) in [5.41, 5.74) is 5.09. The maximum absolute atomic E-state index is 14.9. The van der Waals surface area contributed by atoms with Crippen LogP contribution in [0.4, 0.5) is 4.79 Å². The van der Waals surface area contributed by atoms with Crippen molar-refractivity contribution in [2.45, 2.75) is 152 Å². The number of carbonyl (C=O) groups is 11. The number of alkyl carbamates (subject to hydrolysis) is 1. The molecule has 4 heterocycles. The maximum Gasteiger partial charge on any atom is 0.407 e. The van der Waals surface area contributed by atoms with Gasteiger partial charge in [-0.2, -0.15) is 0 Å². The zero-order chi connectivity index (χ0) is 58.5. The van der Waals surface area contributed by atoms with Gasteiger partial charge in [-0.15, -0.1) is 0 Å². The Bertz CT molecular complexity index is 2660. The van der Waals surface area contributed by atoms with Gasteiger partial charge < -0.3 is 82.9 Å². The first-order valence-corrected chi connectivity index (χ1v) is 27.3. The number of aliphatic hydroxyl groups excluding tert-OH is 2. The number of H-pyrrole nitrogens is 1. The Hall–Kier alpha value is -7.40. The minimum absolute atomic E-state index is 0.0449. The van der Waals surface area contributed by atoms with E-state index in [0.717, 1.165) is 4.90 Å². The van der Waals surface area contributed by atoms with Gasteiger partial charge in [0.1, 0.15) is 59.2 Å². The van der Waals surface area contributed by atoms with Crippen LogP contribution in [0, 0.1) is 11.8 Å². The summed E-state index contributed by atoms with van der Waals surface area (Å²) in [6, 6.07) is -6.40. The molecule has 11 atom stereocenters. The molecule has 0 spiro atoms. The lowest BCUT2D eigenvalue weighted by molar-refractivity contribution is -0.155. The van der Waals surface area contributed by atoms with Crippen LogP contribution in [0.5, 0.6) is 5.75 Å². The van der Waals surface area contributed by atoms with E-state index in [1.165, 1.54) is 25.1 Å². The van der Waals surface area contributed by atoms with Crippen molar-refractivity contribution >= 4 is 86.9 Å². The quantitative estimate of drug-likeness (QED) is 0.0651. The number of aromatic nitrogens is 1. The Morgan fingerprint density at radius 3 is 2.22 bits per heavy atom. The zero-order valence-electron chi connectivity index (χ0n) is 44.9. The van der Waals surface area contributed by atoms with Gasteiger partial charge >= 0.3 is 12.1 Å². The van der Waals surface area contributed by atoms with E-state index in [1.54, 1.807) is 34.6 Å². The number of nitrogens with one attached hydrogen (secondary N) is 9. The van der Waals surface area contributed by atoms with Crippen molar-refractivity contribution < 1.29 is 81.7 Å². The fourth-order valence-electron chi connectivity index (χ4n) is 9.05. The summed E-state index contributed by atoms with van der Waals surface area (Å²) >= 11 is 0. The molecule has 14 N–H and O–H groups in total. The summed E-state index contributed by atoms with van der Waals surface area (Å²) in [5.74, 6) is -12.9. The second-order valence-corrected chi connectivity index (χ2v) is 22.3. The summed E-state index contributed by atoms with van der Waals surface area (Å²) < 4.78 is 25.3. The molecule has 79 heavy (non-hydrogen) atoms. The SMILES string of the molecule is CC[C@H](C)[C@@H]1NC(=O)CNC(=O)C2Cc3c([nH]c4cc(O)ccc34)[S@](=O)CC(NC(=O)CNC1=O)C(=O)N[C@@H](CC(N)=O)C(=O)N1CC(O)C[C@H]1C(=O)N[C@@H]([C@@H](C)[C@@H](O)COC(=O)NCCCCCC(=O)OC(C)(C)C)C(=O)N2. The highest BCUT2D eigenvalue weighted by Gasteiger charge is 2.45. The predicted molar refractivity (Wildman–Crippen MR) is 279 cm³/mol. The highest BCUT2D eigenvalue weighted by Crippen LogP contribution is 2.30. The van der Waals surface area contributed by atoms with Gasteiger partial charge in [0.2, 0.25) is 53.2 Å². The number of phenols is 1. The minimum atomic E-state index is -2.43. The van der Waals surface area contributed by atoms with Gasteiger partial charge in [-0.3, -0.25) is 52.2 Å². The number of hydrogen-bond donors (Lipinski definition) is 13. The van der Waals surface area contributed by atoms with E-state index in [1.807, 2.05) is 0 Å². The average molecular weight is 1130 g/mol. The van der Waals surface area contributed by atoms with Gasteiger partial charge in [0.15, 0.2) is 0 Å². The van der Waals surface area contributed by atoms with Crippen molar-refractivity contribution in [1.82, 2.24) is 52.4 Å². The lowest BCUT2D eigenvalue weighted by atomic mass is 9.93. The molecule has 436 valence electrons. The highest BCUT2D eigenvalue weighted by atomic mass is 32.2. The number of nitrogens with zero attached hydrogens (tertiary/aromatic N) is 1. The monoisotopic (exact) mass is 1130 g/mol. The molecule has 1 saturated heterocycles. The fourth-order valence-corrected chi connectivity index (χ4v) is 10.4. The van der Waals surface area contributed by atoms with Crippen LogP contribution in [0.15, 0.2) is 23.2 Å². The second-order valence-electron chi connectivity index (χ2n) is 20.9. The summed E-state index contributed by atoms with van der Waals surface area (Å²) in [7, 11) is -2.43. The van der Waals surface area contributed by atoms with E-state index >= 15 is 0 Å². The molecule has 1 aromatic carbocycles. The van der Waals surface area contributed by atoms with Gasteiger partial charge in [-0.25, -0.2) is 4.79 Å². The van der Waals surface area contributed by atoms with Gasteiger partial charge in [-0.1, -0.05) is 33.6 Å². The molecule has 0 radical (unpaired) electrons. The fraction of sp³-hybridized carbons (Fsp3) is 0.620. The van der Waals surface area contributed by atoms with Gasteiger partial charge in [0, 0.05) is 49.7 Å². The van der Waals surface area contributed by atoms with Crippen LogP contribution in [0.3, 0.4) is 0 Å². The third-order valence-electron chi connectivity index (χ3n) is 13.5. The van der Waals surface area contributed by atoms with Crippen molar-refractivity contribution in [2.75, 3.05) is 38.5 Å². The van der Waals surface area contributed by atoms with Crippen LogP contribution in [0.2, 0.25) is 0 Å². The van der Waals surface area contributed by atoms with Crippen LogP contribution in [0.1, 0.15) is 92.1 Å². The Labute approximate surface area is 457 Å². The molecule has 3 aliphatic rings. The molecule has 1 fully saturated rings. The molecule has 0 saturated carbocycles. The molecule has 2 bridgehead atoms. The van der Waals surface area contributed by atoms with E-state index < -0.39 is 187 Å². The summed E-state index contributed by atoms with van der Waals surface area (Å²) in [6.45, 7) is 7.13. The number of aromatic hydroxyl groups is 1. The molecular weight excluding hydrogens is 1060 g/mol. The number of unbranched alkanes of at least 4 members (excludes halogenated alkanes) is 2.